The molecular formula is C51H96O5. The van der Waals surface area contributed by atoms with Crippen LogP contribution in [0.5, 0.6) is 0 Å². The number of hydrogen-bond acceptors (Lipinski definition) is 5. The average molecular weight is 789 g/mol. The third kappa shape index (κ3) is 45.1. The number of carbonyl (C=O) groups is 2. The number of unbranched alkanes of at least 4 members (excludes halogenated alkanes) is 31. The molecule has 0 saturated heterocycles. The maximum Gasteiger partial charge on any atom is 0.306 e. The molecule has 1 atom stereocenters. The monoisotopic (exact) mass is 789 g/mol. The van der Waals surface area contributed by atoms with E-state index in [2.05, 4.69) is 45.1 Å². The summed E-state index contributed by atoms with van der Waals surface area (Å²) in [4.78, 5) is 25.1. The van der Waals surface area contributed by atoms with Crippen LogP contribution in [0.2, 0.25) is 0 Å². The van der Waals surface area contributed by atoms with E-state index in [1.807, 2.05) is 0 Å². The minimum absolute atomic E-state index is 0.0848. The lowest BCUT2D eigenvalue weighted by Crippen LogP contribution is -2.30. The van der Waals surface area contributed by atoms with Crippen LogP contribution in [0.1, 0.15) is 265 Å². The van der Waals surface area contributed by atoms with Gasteiger partial charge >= 0.3 is 11.9 Å². The molecule has 0 aromatic carbocycles. The molecule has 56 heavy (non-hydrogen) atoms. The van der Waals surface area contributed by atoms with Crippen molar-refractivity contribution < 1.29 is 23.8 Å². The Morgan fingerprint density at radius 3 is 1.09 bits per heavy atom. The first-order chi connectivity index (χ1) is 27.6. The van der Waals surface area contributed by atoms with Gasteiger partial charge in [-0.3, -0.25) is 9.59 Å². The van der Waals surface area contributed by atoms with Gasteiger partial charge in [0, 0.05) is 19.4 Å². The number of ether oxygens (including phenoxy) is 3. The molecule has 0 rings (SSSR count). The second-order valence-corrected chi connectivity index (χ2v) is 16.7. The van der Waals surface area contributed by atoms with Crippen molar-refractivity contribution >= 4 is 11.9 Å². The van der Waals surface area contributed by atoms with E-state index in [1.54, 1.807) is 0 Å². The Labute approximate surface area is 349 Å². The number of carbonyl (C=O) groups excluding carboxylic acids is 2. The van der Waals surface area contributed by atoms with Crippen molar-refractivity contribution in [1.82, 2.24) is 0 Å². The summed E-state index contributed by atoms with van der Waals surface area (Å²) in [7, 11) is 0. The maximum atomic E-state index is 12.6. The molecule has 0 heterocycles. The van der Waals surface area contributed by atoms with Gasteiger partial charge in [0.15, 0.2) is 6.10 Å². The Hall–Kier alpha value is -1.62. The Balaban J connectivity index is 3.99. The van der Waals surface area contributed by atoms with E-state index in [9.17, 15) is 9.59 Å². The van der Waals surface area contributed by atoms with Crippen molar-refractivity contribution in [3.8, 4) is 0 Å². The van der Waals surface area contributed by atoms with Gasteiger partial charge in [-0.15, -0.1) is 0 Å². The Morgan fingerprint density at radius 1 is 0.375 bits per heavy atom. The van der Waals surface area contributed by atoms with Gasteiger partial charge in [0.25, 0.3) is 0 Å². The van der Waals surface area contributed by atoms with Crippen LogP contribution in [0, 0.1) is 0 Å². The fourth-order valence-electron chi connectivity index (χ4n) is 7.21. The van der Waals surface area contributed by atoms with Crippen molar-refractivity contribution in [2.75, 3.05) is 19.8 Å². The highest BCUT2D eigenvalue weighted by Gasteiger charge is 2.17. The van der Waals surface area contributed by atoms with Crippen LogP contribution in [-0.2, 0) is 23.8 Å². The fraction of sp³-hybridized carbons (Fsp3) is 0.882. The van der Waals surface area contributed by atoms with Crippen LogP contribution in [0.4, 0.5) is 0 Å². The Bertz CT molecular complexity index is 851. The maximum absolute atomic E-state index is 12.6. The molecule has 0 amide bonds. The molecule has 0 N–H and O–H groups in total. The van der Waals surface area contributed by atoms with Crippen LogP contribution in [0.25, 0.3) is 0 Å². The van der Waals surface area contributed by atoms with Gasteiger partial charge in [0.05, 0.1) is 6.61 Å². The Morgan fingerprint density at radius 2 is 0.696 bits per heavy atom. The van der Waals surface area contributed by atoms with Gasteiger partial charge in [0.2, 0.25) is 0 Å². The van der Waals surface area contributed by atoms with E-state index in [1.165, 1.54) is 173 Å². The van der Waals surface area contributed by atoms with Gasteiger partial charge in [0.1, 0.15) is 6.61 Å². The average Bonchev–Trinajstić information content (AvgIpc) is 3.20. The highest BCUT2D eigenvalue weighted by Crippen LogP contribution is 2.14. The van der Waals surface area contributed by atoms with Gasteiger partial charge in [-0.25, -0.2) is 0 Å². The molecule has 0 fully saturated rings. The van der Waals surface area contributed by atoms with Crippen LogP contribution in [-0.4, -0.2) is 37.9 Å². The predicted octanol–water partition coefficient (Wildman–Crippen LogP) is 16.5. The standard InChI is InChI=1S/C51H96O5/c1-4-7-10-13-15-17-19-21-23-24-25-26-27-29-31-33-35-37-40-43-46-54-47-49(56-51(53)45-42-38-12-9-6-3)48-55-50(52)44-41-39-36-34-32-30-28-22-20-18-16-14-11-8-5-2/h21-23,28,49H,4-20,24-27,29-48H2,1-3H3/b23-21-,28-22-. The molecule has 0 saturated carbocycles. The third-order valence-electron chi connectivity index (χ3n) is 11.0. The lowest BCUT2D eigenvalue weighted by atomic mass is 10.1. The molecular weight excluding hydrogens is 693 g/mol. The first-order valence-corrected chi connectivity index (χ1v) is 24.9. The lowest BCUT2D eigenvalue weighted by Gasteiger charge is -2.18. The molecule has 0 aliphatic carbocycles. The van der Waals surface area contributed by atoms with Crippen LogP contribution in [0.15, 0.2) is 24.3 Å². The highest BCUT2D eigenvalue weighted by molar-refractivity contribution is 5.70. The minimum Gasteiger partial charge on any atom is -0.462 e. The van der Waals surface area contributed by atoms with Crippen LogP contribution >= 0.6 is 0 Å². The zero-order chi connectivity index (χ0) is 40.7. The summed E-state index contributed by atoms with van der Waals surface area (Å²) in [6.45, 7) is 7.77. The van der Waals surface area contributed by atoms with Crippen molar-refractivity contribution in [3.63, 3.8) is 0 Å². The van der Waals surface area contributed by atoms with E-state index in [4.69, 9.17) is 14.2 Å². The van der Waals surface area contributed by atoms with Crippen molar-refractivity contribution in [1.29, 1.82) is 0 Å². The molecule has 0 spiro atoms. The second kappa shape index (κ2) is 47.8. The largest absolute Gasteiger partial charge is 0.462 e. The van der Waals surface area contributed by atoms with Crippen LogP contribution < -0.4 is 0 Å². The summed E-state index contributed by atoms with van der Waals surface area (Å²) in [5.41, 5.74) is 0. The lowest BCUT2D eigenvalue weighted by molar-refractivity contribution is -0.163. The fourth-order valence-corrected chi connectivity index (χ4v) is 7.21. The molecule has 0 aliphatic rings. The van der Waals surface area contributed by atoms with E-state index in [0.717, 1.165) is 57.8 Å². The number of rotatable bonds is 46. The third-order valence-corrected chi connectivity index (χ3v) is 11.0. The molecule has 0 aliphatic heterocycles. The summed E-state index contributed by atoms with van der Waals surface area (Å²) >= 11 is 0. The SMILES string of the molecule is CCCCCCCC/C=C\CCCCCCCCCCCCOCC(COC(=O)CCCCCCC/C=C\CCCCCCCC)OC(=O)CCCCCCC. The summed E-state index contributed by atoms with van der Waals surface area (Å²) in [5.74, 6) is -0.409. The minimum atomic E-state index is -0.530. The predicted molar refractivity (Wildman–Crippen MR) is 242 cm³/mol. The van der Waals surface area contributed by atoms with E-state index in [-0.39, 0.29) is 25.2 Å². The molecule has 0 bridgehead atoms. The zero-order valence-corrected chi connectivity index (χ0v) is 37.9. The summed E-state index contributed by atoms with van der Waals surface area (Å²) in [6.07, 6.45) is 55.0. The molecule has 330 valence electrons. The smallest absolute Gasteiger partial charge is 0.306 e. The van der Waals surface area contributed by atoms with E-state index < -0.39 is 6.10 Å². The normalized spacial score (nSPS) is 12.3. The van der Waals surface area contributed by atoms with E-state index in [0.29, 0.717) is 19.4 Å². The summed E-state index contributed by atoms with van der Waals surface area (Å²) in [5, 5.41) is 0. The number of hydrogen-bond donors (Lipinski definition) is 0. The molecule has 5 heteroatoms. The first-order valence-electron chi connectivity index (χ1n) is 24.9. The topological polar surface area (TPSA) is 61.8 Å². The zero-order valence-electron chi connectivity index (χ0n) is 37.9. The number of allylic oxidation sites excluding steroid dienone is 4. The number of esters is 2. The second-order valence-electron chi connectivity index (χ2n) is 16.7. The van der Waals surface area contributed by atoms with Gasteiger partial charge in [-0.05, 0) is 70.6 Å². The molecule has 5 nitrogen and oxygen atoms in total. The quantitative estimate of drug-likeness (QED) is 0.0349. The van der Waals surface area contributed by atoms with Crippen molar-refractivity contribution in [2.45, 2.75) is 271 Å². The van der Waals surface area contributed by atoms with Crippen LogP contribution in [0.3, 0.4) is 0 Å². The van der Waals surface area contributed by atoms with Crippen molar-refractivity contribution in [2.24, 2.45) is 0 Å². The summed E-state index contributed by atoms with van der Waals surface area (Å²) in [6, 6.07) is 0. The molecule has 0 radical (unpaired) electrons. The highest BCUT2D eigenvalue weighted by atomic mass is 16.6. The molecule has 0 aromatic heterocycles. The summed E-state index contributed by atoms with van der Waals surface area (Å²) < 4.78 is 17.2. The van der Waals surface area contributed by atoms with E-state index >= 15 is 0 Å². The van der Waals surface area contributed by atoms with Gasteiger partial charge < -0.3 is 14.2 Å². The first kappa shape index (κ1) is 54.4. The van der Waals surface area contributed by atoms with Crippen molar-refractivity contribution in [3.05, 3.63) is 24.3 Å². The van der Waals surface area contributed by atoms with Gasteiger partial charge in [-0.1, -0.05) is 206 Å². The van der Waals surface area contributed by atoms with Gasteiger partial charge in [-0.2, -0.15) is 0 Å². The molecule has 0 aromatic rings. The molecule has 1 unspecified atom stereocenters. The Kier molecular flexibility index (Phi) is 46.4.